The highest BCUT2D eigenvalue weighted by Gasteiger charge is 2.13. The molecule has 0 radical (unpaired) electrons. The summed E-state index contributed by atoms with van der Waals surface area (Å²) < 4.78 is 1.41. The van der Waals surface area contributed by atoms with Crippen LogP contribution in [0.2, 0.25) is 0 Å². The van der Waals surface area contributed by atoms with Crippen molar-refractivity contribution in [3.63, 3.8) is 0 Å². The molecule has 130 valence electrons. The second kappa shape index (κ2) is 6.48. The first kappa shape index (κ1) is 16.1. The summed E-state index contributed by atoms with van der Waals surface area (Å²) in [7, 11) is 0. The molecule has 0 bridgehead atoms. The summed E-state index contributed by atoms with van der Waals surface area (Å²) in [5.74, 6) is -0.404. The van der Waals surface area contributed by atoms with Gasteiger partial charge in [0, 0.05) is 36.0 Å². The van der Waals surface area contributed by atoms with E-state index in [1.165, 1.54) is 10.6 Å². The fraction of sp³-hybridized carbons (Fsp3) is 0.150. The van der Waals surface area contributed by atoms with Crippen molar-refractivity contribution in [1.29, 1.82) is 0 Å². The topological polar surface area (TPSA) is 79.3 Å². The molecule has 1 aromatic carbocycles. The first-order valence-corrected chi connectivity index (χ1v) is 8.45. The molecule has 6 heteroatoms. The molecule has 0 atom stereocenters. The number of pyridine rings is 1. The van der Waals surface area contributed by atoms with Gasteiger partial charge in [-0.15, -0.1) is 0 Å². The second-order valence-electron chi connectivity index (χ2n) is 6.28. The highest BCUT2D eigenvalue weighted by molar-refractivity contribution is 5.93. The van der Waals surface area contributed by atoms with Gasteiger partial charge in [-0.2, -0.15) is 0 Å². The second-order valence-corrected chi connectivity index (χ2v) is 6.28. The molecule has 0 saturated heterocycles. The standard InChI is InChI=1S/C20H18N4O2/c1-13-6-7-18-23-11-16(20(26)24(18)12-13)19(25)21-9-8-14-10-22-17-5-3-2-4-15(14)17/h2-7,10-12,22H,8-9H2,1H3,(H,21,25). The number of H-pyrrole nitrogens is 1. The number of aryl methyl sites for hydroxylation is 1. The van der Waals surface area contributed by atoms with Crippen LogP contribution in [0.25, 0.3) is 16.6 Å². The van der Waals surface area contributed by atoms with Crippen LogP contribution in [0, 0.1) is 6.92 Å². The van der Waals surface area contributed by atoms with Crippen molar-refractivity contribution in [3.05, 3.63) is 82.0 Å². The molecule has 0 aliphatic carbocycles. The molecule has 0 aliphatic rings. The minimum absolute atomic E-state index is 0.0482. The van der Waals surface area contributed by atoms with E-state index in [0.29, 0.717) is 18.6 Å². The molecule has 2 N–H and O–H groups in total. The van der Waals surface area contributed by atoms with Gasteiger partial charge in [-0.3, -0.25) is 14.0 Å². The minimum Gasteiger partial charge on any atom is -0.361 e. The molecular weight excluding hydrogens is 328 g/mol. The van der Waals surface area contributed by atoms with Crippen molar-refractivity contribution >= 4 is 22.5 Å². The molecule has 1 amide bonds. The largest absolute Gasteiger partial charge is 0.361 e. The molecule has 0 saturated carbocycles. The summed E-state index contributed by atoms with van der Waals surface area (Å²) in [6.07, 6.45) is 5.66. The van der Waals surface area contributed by atoms with E-state index in [4.69, 9.17) is 0 Å². The van der Waals surface area contributed by atoms with Gasteiger partial charge in [-0.05, 0) is 36.6 Å². The number of benzene rings is 1. The zero-order chi connectivity index (χ0) is 18.1. The lowest BCUT2D eigenvalue weighted by molar-refractivity contribution is 0.0952. The maximum Gasteiger partial charge on any atom is 0.270 e. The highest BCUT2D eigenvalue weighted by atomic mass is 16.2. The van der Waals surface area contributed by atoms with Gasteiger partial charge in [0.05, 0.1) is 0 Å². The Labute approximate surface area is 149 Å². The predicted molar refractivity (Wildman–Crippen MR) is 101 cm³/mol. The number of amides is 1. The fourth-order valence-electron chi connectivity index (χ4n) is 3.08. The van der Waals surface area contributed by atoms with Crippen molar-refractivity contribution in [2.45, 2.75) is 13.3 Å². The third-order valence-electron chi connectivity index (χ3n) is 4.45. The molecule has 0 aliphatic heterocycles. The molecule has 0 fully saturated rings. The lowest BCUT2D eigenvalue weighted by Gasteiger charge is -2.06. The average molecular weight is 346 g/mol. The Hall–Kier alpha value is -3.41. The Bertz CT molecular complexity index is 1170. The maximum atomic E-state index is 12.5. The summed E-state index contributed by atoms with van der Waals surface area (Å²) >= 11 is 0. The van der Waals surface area contributed by atoms with Gasteiger partial charge in [0.15, 0.2) is 0 Å². The van der Waals surface area contributed by atoms with Crippen LogP contribution in [0.15, 0.2) is 59.8 Å². The van der Waals surface area contributed by atoms with E-state index in [9.17, 15) is 9.59 Å². The number of aromatic nitrogens is 3. The molecule has 6 nitrogen and oxygen atoms in total. The van der Waals surface area contributed by atoms with E-state index < -0.39 is 5.91 Å². The monoisotopic (exact) mass is 346 g/mol. The number of carbonyl (C=O) groups is 1. The van der Waals surface area contributed by atoms with Crippen molar-refractivity contribution in [2.24, 2.45) is 0 Å². The third kappa shape index (κ3) is 2.86. The average Bonchev–Trinajstić information content (AvgIpc) is 3.06. The Morgan fingerprint density at radius 2 is 2.08 bits per heavy atom. The quantitative estimate of drug-likeness (QED) is 0.596. The number of aromatic amines is 1. The van der Waals surface area contributed by atoms with E-state index in [0.717, 1.165) is 22.0 Å². The maximum absolute atomic E-state index is 12.5. The van der Waals surface area contributed by atoms with E-state index in [1.54, 1.807) is 12.3 Å². The van der Waals surface area contributed by atoms with Crippen molar-refractivity contribution in [2.75, 3.05) is 6.54 Å². The van der Waals surface area contributed by atoms with Crippen LogP contribution in [0.3, 0.4) is 0 Å². The lowest BCUT2D eigenvalue weighted by atomic mass is 10.1. The number of rotatable bonds is 4. The smallest absolute Gasteiger partial charge is 0.270 e. The zero-order valence-electron chi connectivity index (χ0n) is 14.3. The number of hydrogen-bond donors (Lipinski definition) is 2. The Kier molecular flexibility index (Phi) is 4.01. The van der Waals surface area contributed by atoms with E-state index in [2.05, 4.69) is 15.3 Å². The number of nitrogens with zero attached hydrogens (tertiary/aromatic N) is 2. The van der Waals surface area contributed by atoms with Crippen molar-refractivity contribution < 1.29 is 4.79 Å². The van der Waals surface area contributed by atoms with Crippen LogP contribution in [0.1, 0.15) is 21.5 Å². The van der Waals surface area contributed by atoms with Crippen LogP contribution in [0.5, 0.6) is 0 Å². The lowest BCUT2D eigenvalue weighted by Crippen LogP contribution is -2.32. The normalized spacial score (nSPS) is 11.1. The van der Waals surface area contributed by atoms with Crippen LogP contribution in [-0.2, 0) is 6.42 Å². The molecule has 0 unspecified atom stereocenters. The summed E-state index contributed by atoms with van der Waals surface area (Å²) in [6, 6.07) is 11.7. The summed E-state index contributed by atoms with van der Waals surface area (Å²) in [5.41, 5.74) is 3.34. The van der Waals surface area contributed by atoms with Gasteiger partial charge in [0.2, 0.25) is 0 Å². The fourth-order valence-corrected chi connectivity index (χ4v) is 3.08. The summed E-state index contributed by atoms with van der Waals surface area (Å²) in [4.78, 5) is 32.4. The first-order chi connectivity index (χ1) is 12.6. The SMILES string of the molecule is Cc1ccc2ncc(C(=O)NCCc3c[nH]c4ccccc34)c(=O)n2c1. The van der Waals surface area contributed by atoms with Gasteiger partial charge in [-0.1, -0.05) is 24.3 Å². The summed E-state index contributed by atoms with van der Waals surface area (Å²) in [6.45, 7) is 2.33. The Morgan fingerprint density at radius 1 is 1.23 bits per heavy atom. The first-order valence-electron chi connectivity index (χ1n) is 8.45. The number of carbonyl (C=O) groups excluding carboxylic acids is 1. The molecule has 0 spiro atoms. The predicted octanol–water partition coefficient (Wildman–Crippen LogP) is 2.46. The van der Waals surface area contributed by atoms with Crippen molar-refractivity contribution in [1.82, 2.24) is 19.7 Å². The van der Waals surface area contributed by atoms with Crippen LogP contribution in [-0.4, -0.2) is 26.8 Å². The van der Waals surface area contributed by atoms with E-state index in [1.807, 2.05) is 43.5 Å². The minimum atomic E-state index is -0.404. The van der Waals surface area contributed by atoms with E-state index in [-0.39, 0.29) is 11.1 Å². The third-order valence-corrected chi connectivity index (χ3v) is 4.45. The Balaban J connectivity index is 1.51. The molecule has 4 aromatic rings. The molecule has 3 heterocycles. The molecule has 3 aromatic heterocycles. The van der Waals surface area contributed by atoms with Crippen LogP contribution in [0.4, 0.5) is 0 Å². The van der Waals surface area contributed by atoms with Gasteiger partial charge in [0.25, 0.3) is 11.5 Å². The van der Waals surface area contributed by atoms with Crippen LogP contribution >= 0.6 is 0 Å². The zero-order valence-corrected chi connectivity index (χ0v) is 14.3. The van der Waals surface area contributed by atoms with E-state index >= 15 is 0 Å². The summed E-state index contributed by atoms with van der Waals surface area (Å²) in [5, 5.41) is 3.96. The number of fused-ring (bicyclic) bond motifs is 2. The number of hydrogen-bond acceptors (Lipinski definition) is 3. The van der Waals surface area contributed by atoms with Crippen molar-refractivity contribution in [3.8, 4) is 0 Å². The Morgan fingerprint density at radius 3 is 2.96 bits per heavy atom. The van der Waals surface area contributed by atoms with Crippen LogP contribution < -0.4 is 10.9 Å². The molecule has 26 heavy (non-hydrogen) atoms. The van der Waals surface area contributed by atoms with Gasteiger partial charge < -0.3 is 10.3 Å². The number of nitrogens with one attached hydrogen (secondary N) is 2. The number of para-hydroxylation sites is 1. The van der Waals surface area contributed by atoms with Gasteiger partial charge in [-0.25, -0.2) is 4.98 Å². The highest BCUT2D eigenvalue weighted by Crippen LogP contribution is 2.17. The molecular formula is C20H18N4O2. The molecule has 4 rings (SSSR count). The van der Waals surface area contributed by atoms with Gasteiger partial charge in [0.1, 0.15) is 11.2 Å². The van der Waals surface area contributed by atoms with Gasteiger partial charge >= 0.3 is 0 Å².